The zero-order chi connectivity index (χ0) is 22.6. The molecule has 0 unspecified atom stereocenters. The highest BCUT2D eigenvalue weighted by Crippen LogP contribution is 2.22. The zero-order valence-corrected chi connectivity index (χ0v) is 16.9. The van der Waals surface area contributed by atoms with E-state index in [-0.39, 0.29) is 11.2 Å². The van der Waals surface area contributed by atoms with Gasteiger partial charge in [-0.1, -0.05) is 54.3 Å². The van der Waals surface area contributed by atoms with E-state index in [1.54, 1.807) is 12.3 Å². The molecule has 0 spiro atoms. The van der Waals surface area contributed by atoms with Gasteiger partial charge >= 0.3 is 6.36 Å². The Bertz CT molecular complexity index is 1350. The molecule has 160 valence electrons. The van der Waals surface area contributed by atoms with Gasteiger partial charge in [0, 0.05) is 41.1 Å². The van der Waals surface area contributed by atoms with Crippen LogP contribution in [0.25, 0.3) is 10.9 Å². The van der Waals surface area contributed by atoms with E-state index in [1.165, 1.54) is 24.3 Å². The molecule has 0 amide bonds. The van der Waals surface area contributed by atoms with Crippen molar-refractivity contribution in [2.75, 3.05) is 0 Å². The molecule has 0 atom stereocenters. The van der Waals surface area contributed by atoms with E-state index in [0.29, 0.717) is 29.4 Å². The summed E-state index contributed by atoms with van der Waals surface area (Å²) in [6, 6.07) is 20.8. The first-order valence-electron chi connectivity index (χ1n) is 9.89. The van der Waals surface area contributed by atoms with Gasteiger partial charge in [-0.2, -0.15) is 0 Å². The molecule has 0 radical (unpaired) electrons. The highest BCUT2D eigenvalue weighted by molar-refractivity contribution is 5.80. The lowest BCUT2D eigenvalue weighted by Gasteiger charge is -2.08. The van der Waals surface area contributed by atoms with Gasteiger partial charge in [0.2, 0.25) is 0 Å². The summed E-state index contributed by atoms with van der Waals surface area (Å²) in [6.07, 6.45) is -2.07. The normalized spacial score (nSPS) is 11.1. The Morgan fingerprint density at radius 1 is 0.906 bits per heavy atom. The van der Waals surface area contributed by atoms with Gasteiger partial charge in [0.1, 0.15) is 5.75 Å². The van der Waals surface area contributed by atoms with Gasteiger partial charge in [-0.25, -0.2) is 0 Å². The summed E-state index contributed by atoms with van der Waals surface area (Å²) in [5.74, 6) is 5.75. The summed E-state index contributed by atoms with van der Waals surface area (Å²) < 4.78 is 40.6. The second kappa shape index (κ2) is 9.03. The topological polar surface area (TPSA) is 42.1 Å². The number of benzene rings is 3. The molecule has 1 heterocycles. The summed E-state index contributed by atoms with van der Waals surface area (Å²) in [7, 11) is 0. The largest absolute Gasteiger partial charge is 0.573 e. The van der Waals surface area contributed by atoms with Crippen LogP contribution < -0.4 is 10.2 Å². The fourth-order valence-electron chi connectivity index (χ4n) is 3.34. The van der Waals surface area contributed by atoms with Crippen molar-refractivity contribution in [3.05, 3.63) is 111 Å². The van der Waals surface area contributed by atoms with Crippen LogP contribution in [0.3, 0.4) is 0 Å². The molecule has 3 nitrogen and oxygen atoms in total. The Hall–Kier alpha value is -3.98. The van der Waals surface area contributed by atoms with Crippen LogP contribution in [0.15, 0.2) is 83.8 Å². The minimum atomic E-state index is -4.71. The molecule has 0 aliphatic heterocycles. The molecular formula is C26H18F3NO2. The Morgan fingerprint density at radius 3 is 2.38 bits per heavy atom. The number of halogens is 3. The molecule has 1 aromatic heterocycles. The standard InChI is InChI=1S/C26H18F3NO2/c27-26(28,29)32-22-12-9-18(10-13-22)7-4-8-20-11-14-24-23(16-20)25(31)21(17-30-24)15-19-5-2-1-3-6-19/h1-3,5-6,9-14,16-17H,7,15H2,(H,30,31). The lowest BCUT2D eigenvalue weighted by atomic mass is 10.0. The fraction of sp³-hybridized carbons (Fsp3) is 0.115. The molecule has 0 saturated heterocycles. The monoisotopic (exact) mass is 433 g/mol. The van der Waals surface area contributed by atoms with Crippen molar-refractivity contribution in [3.63, 3.8) is 0 Å². The quantitative estimate of drug-likeness (QED) is 0.425. The predicted octanol–water partition coefficient (Wildman–Crippen LogP) is 5.61. The number of aromatic amines is 1. The van der Waals surface area contributed by atoms with E-state index < -0.39 is 6.36 Å². The van der Waals surface area contributed by atoms with Crippen LogP contribution in [0.5, 0.6) is 5.75 Å². The number of hydrogen-bond donors (Lipinski definition) is 1. The number of ether oxygens (including phenoxy) is 1. The summed E-state index contributed by atoms with van der Waals surface area (Å²) in [6.45, 7) is 0. The van der Waals surface area contributed by atoms with Gasteiger partial charge in [-0.3, -0.25) is 4.79 Å². The molecule has 32 heavy (non-hydrogen) atoms. The lowest BCUT2D eigenvalue weighted by Crippen LogP contribution is -2.16. The smallest absolute Gasteiger partial charge is 0.406 e. The fourth-order valence-corrected chi connectivity index (χ4v) is 3.34. The zero-order valence-electron chi connectivity index (χ0n) is 16.9. The molecule has 3 aromatic carbocycles. The van der Waals surface area contributed by atoms with Crippen LogP contribution in [0.4, 0.5) is 13.2 Å². The first-order chi connectivity index (χ1) is 15.4. The van der Waals surface area contributed by atoms with Gasteiger partial charge in [-0.05, 0) is 41.5 Å². The van der Waals surface area contributed by atoms with E-state index in [4.69, 9.17) is 0 Å². The maximum absolute atomic E-state index is 13.0. The van der Waals surface area contributed by atoms with Gasteiger partial charge in [0.25, 0.3) is 0 Å². The molecule has 0 saturated carbocycles. The maximum Gasteiger partial charge on any atom is 0.573 e. The molecular weight excluding hydrogens is 415 g/mol. The third-order valence-corrected chi connectivity index (χ3v) is 4.88. The Morgan fingerprint density at radius 2 is 1.66 bits per heavy atom. The molecule has 4 rings (SSSR count). The van der Waals surface area contributed by atoms with Crippen LogP contribution in [0.2, 0.25) is 0 Å². The summed E-state index contributed by atoms with van der Waals surface area (Å²) in [5, 5.41) is 0.568. The summed E-state index contributed by atoms with van der Waals surface area (Å²) in [5.41, 5.74) is 3.88. The van der Waals surface area contributed by atoms with Crippen molar-refractivity contribution in [1.29, 1.82) is 0 Å². The van der Waals surface area contributed by atoms with Crippen molar-refractivity contribution in [2.45, 2.75) is 19.2 Å². The summed E-state index contributed by atoms with van der Waals surface area (Å²) in [4.78, 5) is 16.1. The van der Waals surface area contributed by atoms with Crippen LogP contribution in [-0.4, -0.2) is 11.3 Å². The third-order valence-electron chi connectivity index (χ3n) is 4.88. The second-order valence-electron chi connectivity index (χ2n) is 7.24. The van der Waals surface area contributed by atoms with Crippen LogP contribution in [0, 0.1) is 11.8 Å². The predicted molar refractivity (Wildman–Crippen MR) is 118 cm³/mol. The Kier molecular flexibility index (Phi) is 6.00. The van der Waals surface area contributed by atoms with Gasteiger partial charge < -0.3 is 9.72 Å². The number of H-pyrrole nitrogens is 1. The number of pyridine rings is 1. The minimum absolute atomic E-state index is 0.0356. The van der Waals surface area contributed by atoms with Crippen molar-refractivity contribution >= 4 is 10.9 Å². The Labute approximate surface area is 182 Å². The molecule has 0 aliphatic rings. The number of alkyl halides is 3. The minimum Gasteiger partial charge on any atom is -0.406 e. The van der Waals surface area contributed by atoms with Gasteiger partial charge in [0.05, 0.1) is 0 Å². The Balaban J connectivity index is 1.51. The average molecular weight is 433 g/mol. The molecule has 0 fully saturated rings. The number of hydrogen-bond acceptors (Lipinski definition) is 2. The van der Waals surface area contributed by atoms with Crippen LogP contribution in [0.1, 0.15) is 22.3 Å². The first kappa shape index (κ1) is 21.3. The lowest BCUT2D eigenvalue weighted by molar-refractivity contribution is -0.274. The van der Waals surface area contributed by atoms with Crippen molar-refractivity contribution in [3.8, 4) is 17.6 Å². The SMILES string of the molecule is O=c1c(Cc2ccccc2)c[nH]c2ccc(C#CCc3ccc(OC(F)(F)F)cc3)cc12. The molecule has 6 heteroatoms. The van der Waals surface area contributed by atoms with E-state index in [1.807, 2.05) is 42.5 Å². The van der Waals surface area contributed by atoms with Crippen molar-refractivity contribution in [1.82, 2.24) is 4.98 Å². The van der Waals surface area contributed by atoms with E-state index in [2.05, 4.69) is 21.6 Å². The summed E-state index contributed by atoms with van der Waals surface area (Å²) >= 11 is 0. The average Bonchev–Trinajstić information content (AvgIpc) is 2.77. The number of aromatic nitrogens is 1. The van der Waals surface area contributed by atoms with E-state index >= 15 is 0 Å². The third kappa shape index (κ3) is 5.38. The second-order valence-corrected chi connectivity index (χ2v) is 7.24. The highest BCUT2D eigenvalue weighted by Gasteiger charge is 2.30. The molecule has 0 bridgehead atoms. The first-order valence-corrected chi connectivity index (χ1v) is 9.89. The van der Waals surface area contributed by atoms with E-state index in [9.17, 15) is 18.0 Å². The number of rotatable bonds is 4. The molecule has 4 aromatic rings. The van der Waals surface area contributed by atoms with Crippen LogP contribution in [-0.2, 0) is 12.8 Å². The van der Waals surface area contributed by atoms with Gasteiger partial charge in [0.15, 0.2) is 5.43 Å². The maximum atomic E-state index is 13.0. The van der Waals surface area contributed by atoms with E-state index in [0.717, 1.165) is 16.6 Å². The van der Waals surface area contributed by atoms with Gasteiger partial charge in [-0.15, -0.1) is 13.2 Å². The number of fused-ring (bicyclic) bond motifs is 1. The molecule has 0 aliphatic carbocycles. The number of nitrogens with one attached hydrogen (secondary N) is 1. The van der Waals surface area contributed by atoms with Crippen LogP contribution >= 0.6 is 0 Å². The molecule has 1 N–H and O–H groups in total. The van der Waals surface area contributed by atoms with Crippen molar-refractivity contribution < 1.29 is 17.9 Å². The van der Waals surface area contributed by atoms with Crippen molar-refractivity contribution in [2.24, 2.45) is 0 Å². The highest BCUT2D eigenvalue weighted by atomic mass is 19.4.